The molecular formula is C17H17Br2NO3. The maximum absolute atomic E-state index is 11.8. The Bertz CT molecular complexity index is 659. The maximum atomic E-state index is 11.8. The summed E-state index contributed by atoms with van der Waals surface area (Å²) in [7, 11) is 1.64. The van der Waals surface area contributed by atoms with Crippen molar-refractivity contribution in [2.45, 2.75) is 6.42 Å². The van der Waals surface area contributed by atoms with Crippen molar-refractivity contribution in [1.82, 2.24) is 5.32 Å². The van der Waals surface area contributed by atoms with Gasteiger partial charge in [-0.25, -0.2) is 0 Å². The fraction of sp³-hybridized carbons (Fsp3) is 0.235. The lowest BCUT2D eigenvalue weighted by Crippen LogP contribution is -2.30. The number of benzene rings is 2. The summed E-state index contributed by atoms with van der Waals surface area (Å²) in [6.45, 7) is 0.554. The van der Waals surface area contributed by atoms with E-state index in [1.807, 2.05) is 36.4 Å². The molecule has 0 saturated heterocycles. The molecule has 6 heteroatoms. The minimum absolute atomic E-state index is 0.0111. The van der Waals surface area contributed by atoms with Crippen LogP contribution in [0.1, 0.15) is 5.56 Å². The molecule has 0 aliphatic rings. The average molecular weight is 443 g/mol. The Balaban J connectivity index is 1.72. The predicted molar refractivity (Wildman–Crippen MR) is 97.0 cm³/mol. The second-order valence-electron chi connectivity index (χ2n) is 4.81. The Morgan fingerprint density at radius 1 is 1.13 bits per heavy atom. The fourth-order valence-corrected chi connectivity index (χ4v) is 3.09. The van der Waals surface area contributed by atoms with Gasteiger partial charge >= 0.3 is 0 Å². The molecule has 23 heavy (non-hydrogen) atoms. The van der Waals surface area contributed by atoms with Crippen molar-refractivity contribution in [3.05, 3.63) is 57.0 Å². The Morgan fingerprint density at radius 3 is 2.52 bits per heavy atom. The lowest BCUT2D eigenvalue weighted by Gasteiger charge is -2.09. The number of hydrogen-bond donors (Lipinski definition) is 1. The largest absolute Gasteiger partial charge is 0.497 e. The third-order valence-corrected chi connectivity index (χ3v) is 4.26. The first-order valence-corrected chi connectivity index (χ1v) is 8.64. The first-order valence-electron chi connectivity index (χ1n) is 7.06. The van der Waals surface area contributed by atoms with Gasteiger partial charge in [-0.2, -0.15) is 0 Å². The smallest absolute Gasteiger partial charge is 0.257 e. The Kier molecular flexibility index (Phi) is 6.92. The van der Waals surface area contributed by atoms with E-state index < -0.39 is 0 Å². The van der Waals surface area contributed by atoms with Crippen LogP contribution in [-0.4, -0.2) is 26.2 Å². The number of halogens is 2. The van der Waals surface area contributed by atoms with E-state index in [2.05, 4.69) is 37.2 Å². The van der Waals surface area contributed by atoms with Gasteiger partial charge in [0, 0.05) is 11.0 Å². The highest BCUT2D eigenvalue weighted by molar-refractivity contribution is 9.11. The van der Waals surface area contributed by atoms with E-state index in [9.17, 15) is 4.79 Å². The van der Waals surface area contributed by atoms with Gasteiger partial charge in [-0.15, -0.1) is 0 Å². The highest BCUT2D eigenvalue weighted by atomic mass is 79.9. The van der Waals surface area contributed by atoms with E-state index in [1.54, 1.807) is 13.2 Å². The zero-order valence-electron chi connectivity index (χ0n) is 12.6. The third-order valence-electron chi connectivity index (χ3n) is 3.15. The number of carbonyl (C=O) groups is 1. The van der Waals surface area contributed by atoms with Crippen molar-refractivity contribution in [3.8, 4) is 11.5 Å². The number of nitrogens with one attached hydrogen (secondary N) is 1. The SMILES string of the molecule is COc1ccc(CCNC(=O)COc2ccc(Br)cc2Br)cc1. The third kappa shape index (κ3) is 5.88. The van der Waals surface area contributed by atoms with Gasteiger partial charge in [-0.05, 0) is 58.2 Å². The standard InChI is InChI=1S/C17H17Br2NO3/c1-22-14-5-2-12(3-6-14)8-9-20-17(21)11-23-16-7-4-13(18)10-15(16)19/h2-7,10H,8-9,11H2,1H3,(H,20,21). The van der Waals surface area contributed by atoms with Gasteiger partial charge in [-0.3, -0.25) is 4.79 Å². The summed E-state index contributed by atoms with van der Waals surface area (Å²) in [6, 6.07) is 13.3. The van der Waals surface area contributed by atoms with Crippen LogP contribution in [0.4, 0.5) is 0 Å². The summed E-state index contributed by atoms with van der Waals surface area (Å²) < 4.78 is 12.3. The number of hydrogen-bond acceptors (Lipinski definition) is 3. The predicted octanol–water partition coefficient (Wildman–Crippen LogP) is 3.96. The van der Waals surface area contributed by atoms with Crippen molar-refractivity contribution in [3.63, 3.8) is 0 Å². The molecule has 2 aromatic carbocycles. The summed E-state index contributed by atoms with van der Waals surface area (Å²) in [5.41, 5.74) is 1.14. The summed E-state index contributed by atoms with van der Waals surface area (Å²) in [4.78, 5) is 11.8. The van der Waals surface area contributed by atoms with Crippen LogP contribution < -0.4 is 14.8 Å². The van der Waals surface area contributed by atoms with E-state index in [0.717, 1.165) is 26.7 Å². The normalized spacial score (nSPS) is 10.2. The second kappa shape index (κ2) is 8.93. The van der Waals surface area contributed by atoms with Crippen LogP contribution >= 0.6 is 31.9 Å². The molecule has 0 spiro atoms. The first kappa shape index (κ1) is 17.8. The molecule has 0 aromatic heterocycles. The molecular weight excluding hydrogens is 426 g/mol. The highest BCUT2D eigenvalue weighted by Gasteiger charge is 2.06. The number of ether oxygens (including phenoxy) is 2. The molecule has 4 nitrogen and oxygen atoms in total. The Hall–Kier alpha value is -1.53. The van der Waals surface area contributed by atoms with Gasteiger partial charge in [0.2, 0.25) is 0 Å². The second-order valence-corrected chi connectivity index (χ2v) is 6.58. The van der Waals surface area contributed by atoms with Crippen molar-refractivity contribution >= 4 is 37.8 Å². The minimum atomic E-state index is -0.145. The molecule has 2 aromatic rings. The molecule has 0 fully saturated rings. The molecule has 1 N–H and O–H groups in total. The van der Waals surface area contributed by atoms with Gasteiger partial charge in [0.25, 0.3) is 5.91 Å². The molecule has 122 valence electrons. The summed E-state index contributed by atoms with van der Waals surface area (Å²) in [5, 5.41) is 2.84. The number of rotatable bonds is 7. The molecule has 0 radical (unpaired) electrons. The monoisotopic (exact) mass is 441 g/mol. The van der Waals surface area contributed by atoms with Crippen LogP contribution in [0.15, 0.2) is 51.4 Å². The van der Waals surface area contributed by atoms with E-state index in [-0.39, 0.29) is 12.5 Å². The van der Waals surface area contributed by atoms with Gasteiger partial charge in [0.05, 0.1) is 11.6 Å². The lowest BCUT2D eigenvalue weighted by atomic mass is 10.1. The van der Waals surface area contributed by atoms with E-state index >= 15 is 0 Å². The fourth-order valence-electron chi connectivity index (χ4n) is 1.93. The topological polar surface area (TPSA) is 47.6 Å². The van der Waals surface area contributed by atoms with E-state index in [4.69, 9.17) is 9.47 Å². The van der Waals surface area contributed by atoms with Gasteiger partial charge < -0.3 is 14.8 Å². The Labute approximate surface area is 152 Å². The van der Waals surface area contributed by atoms with Crippen LogP contribution in [0.25, 0.3) is 0 Å². The molecule has 0 bridgehead atoms. The summed E-state index contributed by atoms with van der Waals surface area (Å²) in [6.07, 6.45) is 0.762. The summed E-state index contributed by atoms with van der Waals surface area (Å²) in [5.74, 6) is 1.32. The molecule has 0 saturated carbocycles. The molecule has 0 aliphatic carbocycles. The van der Waals surface area contributed by atoms with Crippen LogP contribution in [-0.2, 0) is 11.2 Å². The average Bonchev–Trinajstić information content (AvgIpc) is 2.54. The minimum Gasteiger partial charge on any atom is -0.497 e. The van der Waals surface area contributed by atoms with Crippen molar-refractivity contribution < 1.29 is 14.3 Å². The van der Waals surface area contributed by atoms with E-state index in [1.165, 1.54) is 0 Å². The van der Waals surface area contributed by atoms with Crippen molar-refractivity contribution in [2.75, 3.05) is 20.3 Å². The molecule has 0 heterocycles. The van der Waals surface area contributed by atoms with Crippen LogP contribution in [0.2, 0.25) is 0 Å². The first-order chi connectivity index (χ1) is 11.1. The van der Waals surface area contributed by atoms with Crippen LogP contribution in [0.5, 0.6) is 11.5 Å². The lowest BCUT2D eigenvalue weighted by molar-refractivity contribution is -0.123. The maximum Gasteiger partial charge on any atom is 0.257 e. The molecule has 2 rings (SSSR count). The number of methoxy groups -OCH3 is 1. The van der Waals surface area contributed by atoms with Gasteiger partial charge in [-0.1, -0.05) is 28.1 Å². The van der Waals surface area contributed by atoms with Crippen LogP contribution in [0.3, 0.4) is 0 Å². The summed E-state index contributed by atoms with van der Waals surface area (Å²) >= 11 is 6.76. The number of carbonyl (C=O) groups excluding carboxylic acids is 1. The van der Waals surface area contributed by atoms with E-state index in [0.29, 0.717) is 12.3 Å². The zero-order valence-corrected chi connectivity index (χ0v) is 15.8. The van der Waals surface area contributed by atoms with Gasteiger partial charge in [0.15, 0.2) is 6.61 Å². The number of amides is 1. The molecule has 0 atom stereocenters. The zero-order chi connectivity index (χ0) is 16.7. The molecule has 1 amide bonds. The van der Waals surface area contributed by atoms with Crippen molar-refractivity contribution in [1.29, 1.82) is 0 Å². The quantitative estimate of drug-likeness (QED) is 0.705. The van der Waals surface area contributed by atoms with Crippen molar-refractivity contribution in [2.24, 2.45) is 0 Å². The molecule has 0 aliphatic heterocycles. The Morgan fingerprint density at radius 2 is 1.87 bits per heavy atom. The molecule has 0 unspecified atom stereocenters. The van der Waals surface area contributed by atoms with Crippen LogP contribution in [0, 0.1) is 0 Å². The van der Waals surface area contributed by atoms with Gasteiger partial charge in [0.1, 0.15) is 11.5 Å². The highest BCUT2D eigenvalue weighted by Crippen LogP contribution is 2.28.